The number of carbonyl (C=O) groups excluding carboxylic acids is 1. The van der Waals surface area contributed by atoms with Crippen molar-refractivity contribution in [2.45, 2.75) is 32.5 Å². The van der Waals surface area contributed by atoms with Crippen molar-refractivity contribution >= 4 is 11.6 Å². The largest absolute Gasteiger partial charge is 0.363 e. The fourth-order valence-electron chi connectivity index (χ4n) is 4.75. The van der Waals surface area contributed by atoms with Gasteiger partial charge in [-0.25, -0.2) is 4.98 Å². The summed E-state index contributed by atoms with van der Waals surface area (Å²) in [6, 6.07) is 27.5. The fourth-order valence-corrected chi connectivity index (χ4v) is 4.75. The predicted octanol–water partition coefficient (Wildman–Crippen LogP) is 5.06. The molecule has 0 fully saturated rings. The molecule has 1 atom stereocenters. The monoisotopic (exact) mass is 436 g/mol. The van der Waals surface area contributed by atoms with Gasteiger partial charge in [0.2, 0.25) is 5.91 Å². The molecule has 5 heteroatoms. The second-order valence-corrected chi connectivity index (χ2v) is 8.64. The van der Waals surface area contributed by atoms with Gasteiger partial charge in [-0.1, -0.05) is 66.7 Å². The maximum Gasteiger partial charge on any atom is 0.220 e. The Kier molecular flexibility index (Phi) is 5.94. The van der Waals surface area contributed by atoms with Crippen LogP contribution in [0.4, 0.5) is 5.69 Å². The summed E-state index contributed by atoms with van der Waals surface area (Å²) in [5.74, 6) is 0.105. The van der Waals surface area contributed by atoms with E-state index in [1.165, 1.54) is 22.4 Å². The van der Waals surface area contributed by atoms with Crippen molar-refractivity contribution in [2.24, 2.45) is 0 Å². The highest BCUT2D eigenvalue weighted by Gasteiger charge is 2.30. The van der Waals surface area contributed by atoms with Crippen LogP contribution in [-0.2, 0) is 24.3 Å². The van der Waals surface area contributed by atoms with Gasteiger partial charge in [-0.05, 0) is 40.8 Å². The number of fused-ring (bicyclic) bond motifs is 1. The van der Waals surface area contributed by atoms with Gasteiger partial charge in [0.15, 0.2) is 0 Å². The summed E-state index contributed by atoms with van der Waals surface area (Å²) in [6.45, 7) is 3.72. The molecular weight excluding hydrogens is 408 g/mol. The minimum Gasteiger partial charge on any atom is -0.363 e. The van der Waals surface area contributed by atoms with Crippen LogP contribution in [-0.4, -0.2) is 33.4 Å². The summed E-state index contributed by atoms with van der Waals surface area (Å²) in [4.78, 5) is 24.8. The van der Waals surface area contributed by atoms with E-state index >= 15 is 0 Å². The highest BCUT2D eigenvalue weighted by molar-refractivity contribution is 5.76. The van der Waals surface area contributed by atoms with Gasteiger partial charge in [-0.15, -0.1) is 0 Å². The molecule has 1 unspecified atom stereocenters. The van der Waals surface area contributed by atoms with Crippen molar-refractivity contribution in [2.75, 3.05) is 11.4 Å². The number of aromatic nitrogens is 2. The van der Waals surface area contributed by atoms with Gasteiger partial charge in [0.25, 0.3) is 0 Å². The normalized spacial score (nSPS) is 15.7. The number of aromatic amines is 1. The Morgan fingerprint density at radius 2 is 1.76 bits per heavy atom. The van der Waals surface area contributed by atoms with Crippen LogP contribution in [0.15, 0.2) is 91.4 Å². The fraction of sp³-hybridized carbons (Fsp3) is 0.214. The quantitative estimate of drug-likeness (QED) is 0.476. The van der Waals surface area contributed by atoms with Crippen LogP contribution in [0.1, 0.15) is 23.7 Å². The zero-order chi connectivity index (χ0) is 22.6. The first-order valence-corrected chi connectivity index (χ1v) is 11.4. The van der Waals surface area contributed by atoms with Crippen LogP contribution in [0.2, 0.25) is 0 Å². The van der Waals surface area contributed by atoms with Crippen molar-refractivity contribution in [3.05, 3.63) is 108 Å². The highest BCUT2D eigenvalue weighted by Crippen LogP contribution is 2.33. The smallest absolute Gasteiger partial charge is 0.220 e. The van der Waals surface area contributed by atoms with Gasteiger partial charge in [-0.3, -0.25) is 4.79 Å². The SMILES string of the molecule is CC(=O)N1Cc2cc(-c3ccccc3)ccc2N(Cc2c[nH]cn2)CC1Cc1ccccc1. The van der Waals surface area contributed by atoms with Gasteiger partial charge in [0.1, 0.15) is 0 Å². The van der Waals surface area contributed by atoms with E-state index in [-0.39, 0.29) is 11.9 Å². The maximum atomic E-state index is 12.8. The second-order valence-electron chi connectivity index (χ2n) is 8.64. The Morgan fingerprint density at radius 1 is 1.00 bits per heavy atom. The van der Waals surface area contributed by atoms with E-state index in [1.807, 2.05) is 23.2 Å². The average Bonchev–Trinajstić information content (AvgIpc) is 3.30. The van der Waals surface area contributed by atoms with E-state index in [1.54, 1.807) is 13.3 Å². The van der Waals surface area contributed by atoms with Crippen molar-refractivity contribution in [1.82, 2.24) is 14.9 Å². The molecule has 4 aromatic rings. The Balaban J connectivity index is 1.55. The standard InChI is InChI=1S/C28H28N4O/c1-21(33)32-17-25-15-24(23-10-6-3-7-11-23)12-13-28(25)31(18-26-16-29-20-30-26)19-27(32)14-22-8-4-2-5-9-22/h2-13,15-16,20,27H,14,17-19H2,1H3,(H,29,30). The molecule has 1 aliphatic rings. The first-order valence-electron chi connectivity index (χ1n) is 11.4. The summed E-state index contributed by atoms with van der Waals surface area (Å²) in [6.07, 6.45) is 4.48. The van der Waals surface area contributed by atoms with Crippen LogP contribution >= 0.6 is 0 Å². The molecule has 1 amide bonds. The molecule has 5 rings (SSSR count). The number of benzene rings is 3. The highest BCUT2D eigenvalue weighted by atomic mass is 16.2. The summed E-state index contributed by atoms with van der Waals surface area (Å²) >= 11 is 0. The Morgan fingerprint density at radius 3 is 2.45 bits per heavy atom. The summed E-state index contributed by atoms with van der Waals surface area (Å²) in [5, 5.41) is 0. The van der Waals surface area contributed by atoms with Crippen LogP contribution < -0.4 is 4.90 Å². The van der Waals surface area contributed by atoms with E-state index < -0.39 is 0 Å². The van der Waals surface area contributed by atoms with E-state index in [9.17, 15) is 4.79 Å². The molecule has 0 bridgehead atoms. The van der Waals surface area contributed by atoms with E-state index in [2.05, 4.69) is 81.6 Å². The second kappa shape index (κ2) is 9.33. The zero-order valence-corrected chi connectivity index (χ0v) is 18.8. The Labute approximate surface area is 194 Å². The van der Waals surface area contributed by atoms with Gasteiger partial charge < -0.3 is 14.8 Å². The van der Waals surface area contributed by atoms with Crippen molar-refractivity contribution in [3.63, 3.8) is 0 Å². The van der Waals surface area contributed by atoms with E-state index in [0.29, 0.717) is 13.1 Å². The van der Waals surface area contributed by atoms with Crippen LogP contribution in [0.3, 0.4) is 0 Å². The van der Waals surface area contributed by atoms with Gasteiger partial charge in [0.05, 0.1) is 24.6 Å². The molecule has 0 saturated carbocycles. The van der Waals surface area contributed by atoms with Crippen LogP contribution in [0.25, 0.3) is 11.1 Å². The molecule has 0 radical (unpaired) electrons. The third-order valence-corrected chi connectivity index (χ3v) is 6.37. The number of H-pyrrole nitrogens is 1. The first-order chi connectivity index (χ1) is 16.2. The van der Waals surface area contributed by atoms with Crippen molar-refractivity contribution in [1.29, 1.82) is 0 Å². The lowest BCUT2D eigenvalue weighted by atomic mass is 10.0. The topological polar surface area (TPSA) is 52.2 Å². The maximum absolute atomic E-state index is 12.8. The molecular formula is C28H28N4O. The summed E-state index contributed by atoms with van der Waals surface area (Å²) in [5.41, 5.74) is 6.90. The molecule has 0 saturated heterocycles. The molecule has 33 heavy (non-hydrogen) atoms. The average molecular weight is 437 g/mol. The minimum atomic E-state index is 0.0661. The van der Waals surface area contributed by atoms with E-state index in [0.717, 1.165) is 24.2 Å². The third-order valence-electron chi connectivity index (χ3n) is 6.37. The van der Waals surface area contributed by atoms with Crippen LogP contribution in [0.5, 0.6) is 0 Å². The number of nitrogens with zero attached hydrogens (tertiary/aromatic N) is 3. The molecule has 1 N–H and O–H groups in total. The summed E-state index contributed by atoms with van der Waals surface area (Å²) < 4.78 is 0. The molecule has 166 valence electrons. The molecule has 5 nitrogen and oxygen atoms in total. The minimum absolute atomic E-state index is 0.0661. The Bertz CT molecular complexity index is 1210. The van der Waals surface area contributed by atoms with Gasteiger partial charge >= 0.3 is 0 Å². The van der Waals surface area contributed by atoms with E-state index in [4.69, 9.17) is 0 Å². The Hall–Kier alpha value is -3.86. The molecule has 3 aromatic carbocycles. The number of hydrogen-bond donors (Lipinski definition) is 1. The van der Waals surface area contributed by atoms with Gasteiger partial charge in [-0.2, -0.15) is 0 Å². The van der Waals surface area contributed by atoms with Crippen molar-refractivity contribution < 1.29 is 4.79 Å². The predicted molar refractivity (Wildman–Crippen MR) is 132 cm³/mol. The molecule has 0 spiro atoms. The lowest BCUT2D eigenvalue weighted by Crippen LogP contribution is -2.44. The first kappa shape index (κ1) is 21.0. The number of imidazole rings is 1. The lowest BCUT2D eigenvalue weighted by molar-refractivity contribution is -0.131. The molecule has 0 aliphatic carbocycles. The third kappa shape index (κ3) is 4.67. The molecule has 1 aromatic heterocycles. The zero-order valence-electron chi connectivity index (χ0n) is 18.8. The van der Waals surface area contributed by atoms with Crippen molar-refractivity contribution in [3.8, 4) is 11.1 Å². The summed E-state index contributed by atoms with van der Waals surface area (Å²) in [7, 11) is 0. The molecule has 1 aliphatic heterocycles. The number of anilines is 1. The molecule has 2 heterocycles. The number of hydrogen-bond acceptors (Lipinski definition) is 3. The lowest BCUT2D eigenvalue weighted by Gasteiger charge is -2.32. The number of rotatable bonds is 5. The number of carbonyl (C=O) groups is 1. The van der Waals surface area contributed by atoms with Gasteiger partial charge in [0, 0.05) is 31.9 Å². The number of nitrogens with one attached hydrogen (secondary N) is 1. The van der Waals surface area contributed by atoms with Crippen LogP contribution in [0, 0.1) is 0 Å². The number of amides is 1.